The first-order valence-corrected chi connectivity index (χ1v) is 5.72. The lowest BCUT2D eigenvalue weighted by Crippen LogP contribution is -2.26. The number of rotatable bonds is 7. The van der Waals surface area contributed by atoms with E-state index in [1.807, 2.05) is 6.07 Å². The zero-order valence-corrected chi connectivity index (χ0v) is 10.3. The summed E-state index contributed by atoms with van der Waals surface area (Å²) in [6.07, 6.45) is -1.67. The van der Waals surface area contributed by atoms with Crippen LogP contribution in [0.3, 0.4) is 0 Å². The van der Waals surface area contributed by atoms with Gasteiger partial charge in [0.25, 0.3) is 6.43 Å². The van der Waals surface area contributed by atoms with Crippen LogP contribution < -0.4 is 4.74 Å². The summed E-state index contributed by atoms with van der Waals surface area (Å²) >= 11 is 0. The number of alkyl halides is 2. The molecule has 3 nitrogen and oxygen atoms in total. The van der Waals surface area contributed by atoms with Crippen LogP contribution in [-0.4, -0.2) is 38.1 Å². The zero-order chi connectivity index (χ0) is 13.4. The molecule has 0 N–H and O–H groups in total. The van der Waals surface area contributed by atoms with E-state index in [0.29, 0.717) is 30.9 Å². The molecule has 0 aliphatic carbocycles. The van der Waals surface area contributed by atoms with Crippen molar-refractivity contribution in [3.05, 3.63) is 29.8 Å². The van der Waals surface area contributed by atoms with Crippen molar-refractivity contribution in [3.63, 3.8) is 0 Å². The van der Waals surface area contributed by atoms with Gasteiger partial charge in [-0.05, 0) is 25.6 Å². The third kappa shape index (κ3) is 5.11. The lowest BCUT2D eigenvalue weighted by molar-refractivity contribution is 0.0977. The predicted molar refractivity (Wildman–Crippen MR) is 64.8 cm³/mol. The maximum absolute atomic E-state index is 12.0. The number of benzene rings is 1. The largest absolute Gasteiger partial charge is 0.492 e. The van der Waals surface area contributed by atoms with Crippen LogP contribution in [0.1, 0.15) is 12.0 Å². The predicted octanol–water partition coefficient (Wildman–Crippen LogP) is 2.52. The van der Waals surface area contributed by atoms with E-state index in [1.54, 1.807) is 36.2 Å². The van der Waals surface area contributed by atoms with Crippen molar-refractivity contribution >= 4 is 0 Å². The lowest BCUT2D eigenvalue weighted by atomic mass is 10.2. The molecule has 18 heavy (non-hydrogen) atoms. The van der Waals surface area contributed by atoms with Gasteiger partial charge in [-0.25, -0.2) is 8.78 Å². The summed E-state index contributed by atoms with van der Waals surface area (Å²) in [5.74, 6) is 0.538. The molecule has 1 rings (SSSR count). The summed E-state index contributed by atoms with van der Waals surface area (Å²) in [5.41, 5.74) is 0.485. The number of ether oxygens (including phenoxy) is 1. The van der Waals surface area contributed by atoms with E-state index in [2.05, 4.69) is 0 Å². The molecule has 1 aromatic rings. The van der Waals surface area contributed by atoms with Crippen molar-refractivity contribution in [2.75, 3.05) is 26.7 Å². The van der Waals surface area contributed by atoms with Crippen molar-refractivity contribution in [1.82, 2.24) is 4.90 Å². The van der Waals surface area contributed by atoms with E-state index < -0.39 is 6.43 Å². The van der Waals surface area contributed by atoms with Crippen LogP contribution in [0.4, 0.5) is 8.78 Å². The maximum Gasteiger partial charge on any atom is 0.251 e. The third-order valence-corrected chi connectivity index (χ3v) is 2.40. The second-order valence-electron chi connectivity index (χ2n) is 3.96. The summed E-state index contributed by atoms with van der Waals surface area (Å²) in [4.78, 5) is 1.56. The molecule has 0 bridgehead atoms. The average Bonchev–Trinajstić information content (AvgIpc) is 2.34. The van der Waals surface area contributed by atoms with Crippen molar-refractivity contribution < 1.29 is 13.5 Å². The highest BCUT2D eigenvalue weighted by molar-refractivity contribution is 5.42. The molecule has 0 atom stereocenters. The molecule has 1 aromatic carbocycles. The van der Waals surface area contributed by atoms with Crippen molar-refractivity contribution in [3.8, 4) is 11.8 Å². The molecular formula is C13H16F2N2O. The van der Waals surface area contributed by atoms with Gasteiger partial charge in [-0.3, -0.25) is 0 Å². The van der Waals surface area contributed by atoms with E-state index >= 15 is 0 Å². The van der Waals surface area contributed by atoms with E-state index in [1.165, 1.54) is 0 Å². The summed E-state index contributed by atoms with van der Waals surface area (Å²) in [6.45, 7) is 0.722. The molecule has 0 aliphatic heterocycles. The highest BCUT2D eigenvalue weighted by atomic mass is 19.3. The summed E-state index contributed by atoms with van der Waals surface area (Å²) in [5, 5.41) is 8.84. The SMILES string of the molecule is CN(CCCOc1ccccc1C#N)CC(F)F. The Hall–Kier alpha value is -1.67. The highest BCUT2D eigenvalue weighted by Gasteiger charge is 2.07. The Kier molecular flexibility index (Phi) is 6.09. The Bertz CT molecular complexity index is 404. The molecule has 0 saturated heterocycles. The molecule has 0 fully saturated rings. The van der Waals surface area contributed by atoms with Crippen LogP contribution in [0.5, 0.6) is 5.75 Å². The van der Waals surface area contributed by atoms with Gasteiger partial charge in [0.2, 0.25) is 0 Å². The number of halogens is 2. The number of nitrogens with zero attached hydrogens (tertiary/aromatic N) is 2. The van der Waals surface area contributed by atoms with Crippen molar-refractivity contribution in [2.24, 2.45) is 0 Å². The zero-order valence-electron chi connectivity index (χ0n) is 10.3. The number of para-hydroxylation sites is 1. The minimum Gasteiger partial charge on any atom is -0.492 e. The number of nitriles is 1. The van der Waals surface area contributed by atoms with Gasteiger partial charge in [0.15, 0.2) is 0 Å². The second-order valence-corrected chi connectivity index (χ2v) is 3.96. The molecule has 0 spiro atoms. The van der Waals surface area contributed by atoms with Crippen LogP contribution in [-0.2, 0) is 0 Å². The van der Waals surface area contributed by atoms with Gasteiger partial charge < -0.3 is 9.64 Å². The van der Waals surface area contributed by atoms with Gasteiger partial charge in [-0.2, -0.15) is 5.26 Å². The van der Waals surface area contributed by atoms with Crippen molar-refractivity contribution in [1.29, 1.82) is 5.26 Å². The van der Waals surface area contributed by atoms with Crippen LogP contribution in [0.15, 0.2) is 24.3 Å². The standard InChI is InChI=1S/C13H16F2N2O/c1-17(10-13(14)15)7-4-8-18-12-6-3-2-5-11(12)9-16/h2-3,5-6,13H,4,7-8,10H2,1H3. The van der Waals surface area contributed by atoms with Gasteiger partial charge in [-0.1, -0.05) is 12.1 Å². The molecular weight excluding hydrogens is 238 g/mol. The molecule has 0 heterocycles. The van der Waals surface area contributed by atoms with Gasteiger partial charge in [0.05, 0.1) is 18.7 Å². The fourth-order valence-electron chi connectivity index (χ4n) is 1.53. The molecule has 0 unspecified atom stereocenters. The number of hydrogen-bond acceptors (Lipinski definition) is 3. The molecule has 0 amide bonds. The summed E-state index contributed by atoms with van der Waals surface area (Å²) in [6, 6.07) is 9.00. The fourth-order valence-corrected chi connectivity index (χ4v) is 1.53. The van der Waals surface area contributed by atoms with Crippen molar-refractivity contribution in [2.45, 2.75) is 12.8 Å². The highest BCUT2D eigenvalue weighted by Crippen LogP contribution is 2.16. The minimum absolute atomic E-state index is 0.227. The molecule has 5 heteroatoms. The fraction of sp³-hybridized carbons (Fsp3) is 0.462. The third-order valence-electron chi connectivity index (χ3n) is 2.40. The van der Waals surface area contributed by atoms with E-state index in [-0.39, 0.29) is 6.54 Å². The normalized spacial score (nSPS) is 10.7. The van der Waals surface area contributed by atoms with Crippen LogP contribution in [0, 0.1) is 11.3 Å². The van der Waals surface area contributed by atoms with E-state index in [0.717, 1.165) is 0 Å². The second kappa shape index (κ2) is 7.62. The molecule has 98 valence electrons. The molecule has 0 saturated carbocycles. The Labute approximate surface area is 106 Å². The Morgan fingerprint density at radius 1 is 1.39 bits per heavy atom. The molecule has 0 radical (unpaired) electrons. The first-order chi connectivity index (χ1) is 8.63. The van der Waals surface area contributed by atoms with Gasteiger partial charge >= 0.3 is 0 Å². The first-order valence-electron chi connectivity index (χ1n) is 5.72. The average molecular weight is 254 g/mol. The molecule has 0 aliphatic rings. The monoisotopic (exact) mass is 254 g/mol. The lowest BCUT2D eigenvalue weighted by Gasteiger charge is -2.15. The number of hydrogen-bond donors (Lipinski definition) is 0. The Morgan fingerprint density at radius 3 is 2.78 bits per heavy atom. The van der Waals surface area contributed by atoms with Gasteiger partial charge in [-0.15, -0.1) is 0 Å². The van der Waals surface area contributed by atoms with Gasteiger partial charge in [0, 0.05) is 6.54 Å². The van der Waals surface area contributed by atoms with Gasteiger partial charge in [0.1, 0.15) is 11.8 Å². The Morgan fingerprint density at radius 2 is 2.11 bits per heavy atom. The molecule has 0 aromatic heterocycles. The minimum atomic E-state index is -2.31. The topological polar surface area (TPSA) is 36.3 Å². The maximum atomic E-state index is 12.0. The Balaban J connectivity index is 2.28. The van der Waals surface area contributed by atoms with E-state index in [4.69, 9.17) is 10.00 Å². The van der Waals surface area contributed by atoms with Crippen LogP contribution in [0.2, 0.25) is 0 Å². The summed E-state index contributed by atoms with van der Waals surface area (Å²) in [7, 11) is 1.65. The summed E-state index contributed by atoms with van der Waals surface area (Å²) < 4.78 is 29.5. The smallest absolute Gasteiger partial charge is 0.251 e. The quantitative estimate of drug-likeness (QED) is 0.701. The van der Waals surface area contributed by atoms with Crippen LogP contribution >= 0.6 is 0 Å². The van der Waals surface area contributed by atoms with Crippen LogP contribution in [0.25, 0.3) is 0 Å². The van der Waals surface area contributed by atoms with E-state index in [9.17, 15) is 8.78 Å². The first kappa shape index (κ1) is 14.4.